The molecule has 0 aliphatic rings. The van der Waals surface area contributed by atoms with Gasteiger partial charge in [-0.15, -0.1) is 20.5 Å². The van der Waals surface area contributed by atoms with Crippen molar-refractivity contribution in [1.29, 1.82) is 0 Å². The number of aromatic hydroxyl groups is 2. The van der Waals surface area contributed by atoms with E-state index < -0.39 is 94.3 Å². The van der Waals surface area contributed by atoms with Gasteiger partial charge in [0.05, 0.1) is 42.3 Å². The van der Waals surface area contributed by atoms with Gasteiger partial charge < -0.3 is 39.9 Å². The van der Waals surface area contributed by atoms with Crippen molar-refractivity contribution in [3.05, 3.63) is 121 Å². The number of rotatable bonds is 11. The molecule has 0 fully saturated rings. The number of hydrogen-bond donors (Lipinski definition) is 4. The summed E-state index contributed by atoms with van der Waals surface area (Å²) in [6.07, 6.45) is 0. The smallest absolute Gasteiger partial charge is 0.744 e. The number of anilines is 2. The summed E-state index contributed by atoms with van der Waals surface area (Å²) >= 11 is 0. The van der Waals surface area contributed by atoms with Crippen molar-refractivity contribution in [2.45, 2.75) is 19.6 Å². The second kappa shape index (κ2) is 23.4. The second-order valence-corrected chi connectivity index (χ2v) is 20.0. The van der Waals surface area contributed by atoms with Gasteiger partial charge >= 0.3 is 118 Å². The number of phenols is 2. The zero-order valence-electron chi connectivity index (χ0n) is 37.8. The maximum Gasteiger partial charge on any atom is 1.00 e. The fourth-order valence-corrected chi connectivity index (χ4v) is 9.43. The van der Waals surface area contributed by atoms with Gasteiger partial charge in [-0.05, 0) is 94.7 Å². The Morgan fingerprint density at radius 3 is 1.08 bits per heavy atom. The van der Waals surface area contributed by atoms with Crippen LogP contribution in [-0.2, 0) is 40.5 Å². The zero-order chi connectivity index (χ0) is 49.1. The van der Waals surface area contributed by atoms with Crippen molar-refractivity contribution in [3.8, 4) is 22.6 Å². The van der Waals surface area contributed by atoms with E-state index in [0.29, 0.717) is 27.7 Å². The molecule has 8 aromatic rings. The number of hydrogen-bond acceptors (Lipinski definition) is 22. The molecule has 6 N–H and O–H groups in total. The summed E-state index contributed by atoms with van der Waals surface area (Å²) < 4.78 is 143. The van der Waals surface area contributed by atoms with E-state index in [4.69, 9.17) is 11.5 Å². The summed E-state index contributed by atoms with van der Waals surface area (Å²) in [4.78, 5) is -3.73. The van der Waals surface area contributed by atoms with Gasteiger partial charge in [-0.3, -0.25) is 0 Å². The number of azo groups is 3. The van der Waals surface area contributed by atoms with Crippen LogP contribution in [0.3, 0.4) is 0 Å². The molecule has 0 amide bonds. The van der Waals surface area contributed by atoms with Crippen LogP contribution in [0.4, 0.5) is 45.5 Å². The predicted molar refractivity (Wildman–Crippen MR) is 240 cm³/mol. The minimum atomic E-state index is -5.36. The topological polar surface area (TPSA) is 395 Å². The van der Waals surface area contributed by atoms with Crippen molar-refractivity contribution in [2.24, 2.45) is 30.7 Å². The first kappa shape index (κ1) is 60.7. The summed E-state index contributed by atoms with van der Waals surface area (Å²) in [7, 11) is -20.8. The Labute approximate surface area is 497 Å². The normalized spacial score (nSPS) is 12.2. The fraction of sp³-hybridized carbons (Fsp3) is 0. The minimum Gasteiger partial charge on any atom is -0.744 e. The summed E-state index contributed by atoms with van der Waals surface area (Å²) in [6.45, 7) is 0. The molecule has 0 radical (unpaired) electrons. The summed E-state index contributed by atoms with van der Waals surface area (Å²) in [5, 5.41) is 46.3. The van der Waals surface area contributed by atoms with E-state index in [1.54, 1.807) is 66.7 Å². The summed E-state index contributed by atoms with van der Waals surface area (Å²) in [6, 6.07) is 27.5. The zero-order valence-corrected chi connectivity index (χ0v) is 49.1. The van der Waals surface area contributed by atoms with Gasteiger partial charge in [0.15, 0.2) is 11.5 Å². The van der Waals surface area contributed by atoms with Crippen LogP contribution in [0.2, 0.25) is 0 Å². The fourth-order valence-electron chi connectivity index (χ4n) is 7.05. The van der Waals surface area contributed by atoms with Crippen LogP contribution in [0.15, 0.2) is 172 Å². The Morgan fingerprint density at radius 2 is 0.736 bits per heavy atom. The molecular formula is C42H26N8Na4O14S4. The second-order valence-electron chi connectivity index (χ2n) is 14.5. The van der Waals surface area contributed by atoms with E-state index in [0.717, 1.165) is 42.0 Å². The standard InChI is InChI=1S/C42H30N8O14S4.4Na/c43-31-19-27(65(53,54)55)15-23-17-35(67(59,60)61)39(41(51)37(23)31)49-46-26-11-7-22(8-12-26)21-5-9-25(10-6-21)45-47-33-13-14-34(30-4-2-1-3-29(30)33)48-50-40-36(68(62,63)64)18-24-16-28(66(56,57)58)20-32(44)38(24)42(40)52;;;;/h1-20,51-52H,43-44H2,(H,53,54,55)(H,56,57,58)(H,59,60,61)(H,62,63,64);;;;/q;4*+1/p-4. The molecule has 0 unspecified atom stereocenters. The maximum atomic E-state index is 12.3. The Kier molecular flexibility index (Phi) is 19.7. The minimum absolute atomic E-state index is 0. The first-order chi connectivity index (χ1) is 31.9. The first-order valence-electron chi connectivity index (χ1n) is 18.9. The van der Waals surface area contributed by atoms with E-state index in [2.05, 4.69) is 30.7 Å². The maximum absolute atomic E-state index is 12.3. The van der Waals surface area contributed by atoms with Crippen molar-refractivity contribution < 1.29 is 180 Å². The molecule has 30 heteroatoms. The molecule has 0 aliphatic heterocycles. The van der Waals surface area contributed by atoms with E-state index in [9.17, 15) is 62.1 Å². The van der Waals surface area contributed by atoms with Gasteiger partial charge in [0.25, 0.3) is 0 Å². The number of fused-ring (bicyclic) bond motifs is 3. The third kappa shape index (κ3) is 13.0. The summed E-state index contributed by atoms with van der Waals surface area (Å²) in [5.41, 5.74) is 12.0. The van der Waals surface area contributed by atoms with Gasteiger partial charge in [-0.2, -0.15) is 10.2 Å². The van der Waals surface area contributed by atoms with Crippen LogP contribution < -0.4 is 130 Å². The third-order valence-corrected chi connectivity index (χ3v) is 13.5. The van der Waals surface area contributed by atoms with E-state index in [1.807, 2.05) is 0 Å². The molecule has 72 heavy (non-hydrogen) atoms. The van der Waals surface area contributed by atoms with Crippen molar-refractivity contribution in [2.75, 3.05) is 11.5 Å². The van der Waals surface area contributed by atoms with E-state index in [-0.39, 0.29) is 151 Å². The number of benzene rings is 8. The molecular weight excluding hydrogens is 1060 g/mol. The van der Waals surface area contributed by atoms with Crippen LogP contribution in [0.1, 0.15) is 0 Å². The Bertz CT molecular complexity index is 4030. The Balaban J connectivity index is 0.00000281. The molecule has 0 saturated heterocycles. The molecule has 0 bridgehead atoms. The van der Waals surface area contributed by atoms with Gasteiger partial charge in [-0.1, -0.05) is 48.5 Å². The summed E-state index contributed by atoms with van der Waals surface area (Å²) in [5.74, 6) is -1.79. The van der Waals surface area contributed by atoms with Gasteiger partial charge in [0, 0.05) is 32.9 Å². The Hall–Kier alpha value is -3.82. The molecule has 0 aliphatic carbocycles. The number of nitrogens with zero attached hydrogens (tertiary/aromatic N) is 6. The van der Waals surface area contributed by atoms with Crippen molar-refractivity contribution in [3.63, 3.8) is 0 Å². The van der Waals surface area contributed by atoms with Crippen LogP contribution >= 0.6 is 0 Å². The van der Waals surface area contributed by atoms with Crippen molar-refractivity contribution >= 4 is 118 Å². The van der Waals surface area contributed by atoms with Gasteiger partial charge in [0.1, 0.15) is 51.8 Å². The quantitative estimate of drug-likeness (QED) is 0.0419. The first-order valence-corrected chi connectivity index (χ1v) is 24.5. The Morgan fingerprint density at radius 1 is 0.403 bits per heavy atom. The molecule has 8 aromatic carbocycles. The van der Waals surface area contributed by atoms with Gasteiger partial charge in [0.2, 0.25) is 0 Å². The number of nitrogens with two attached hydrogens (primary N) is 2. The average Bonchev–Trinajstić information content (AvgIpc) is 3.26. The van der Waals surface area contributed by atoms with Crippen LogP contribution in [-0.4, -0.2) is 62.1 Å². The van der Waals surface area contributed by atoms with E-state index >= 15 is 0 Å². The molecule has 22 nitrogen and oxygen atoms in total. The van der Waals surface area contributed by atoms with Crippen LogP contribution in [0, 0.1) is 0 Å². The SMILES string of the molecule is Nc1cc(S(=O)(=O)[O-])cc2cc(S(=O)(=O)[O-])c(N=Nc3ccc(-c4ccc(N=Nc5ccc(N=Nc6c(S(=O)(=O)[O-])cc7cc(S(=O)(=O)[O-])cc(N)c7c6O)c6ccccc56)cc4)cc3)c(O)c12.[Na+].[Na+].[Na+].[Na+]. The average molecular weight is 1090 g/mol. The van der Waals surface area contributed by atoms with Crippen LogP contribution in [0.5, 0.6) is 11.5 Å². The van der Waals surface area contributed by atoms with E-state index in [1.165, 1.54) is 18.2 Å². The molecule has 0 aromatic heterocycles. The predicted octanol–water partition coefficient (Wildman–Crippen LogP) is -3.73. The number of nitrogen functional groups attached to an aromatic ring is 2. The third-order valence-electron chi connectivity index (χ3n) is 10.2. The van der Waals surface area contributed by atoms with Gasteiger partial charge in [-0.25, -0.2) is 33.7 Å². The molecule has 0 spiro atoms. The monoisotopic (exact) mass is 1090 g/mol. The largest absolute Gasteiger partial charge is 1.00 e. The molecule has 346 valence electrons. The molecule has 0 saturated carbocycles. The number of phenolic OH excluding ortho intramolecular Hbond substituents is 2. The van der Waals surface area contributed by atoms with Crippen LogP contribution in [0.25, 0.3) is 43.4 Å². The van der Waals surface area contributed by atoms with Crippen molar-refractivity contribution in [1.82, 2.24) is 0 Å². The molecule has 8 rings (SSSR count). The molecule has 0 heterocycles. The molecule has 0 atom stereocenters.